The number of benzene rings is 1. The Kier molecular flexibility index (Phi) is 4.94. The summed E-state index contributed by atoms with van der Waals surface area (Å²) in [6, 6.07) is 3.48. The minimum Gasteiger partial charge on any atom is -0.507 e. The van der Waals surface area contributed by atoms with Crippen molar-refractivity contribution < 1.29 is 14.6 Å². The Bertz CT molecular complexity index is 507. The molecule has 19 heavy (non-hydrogen) atoms. The van der Waals surface area contributed by atoms with Gasteiger partial charge in [0.1, 0.15) is 11.4 Å². The minimum absolute atomic E-state index is 0.123. The molecule has 104 valence electrons. The van der Waals surface area contributed by atoms with Crippen molar-refractivity contribution in [3.63, 3.8) is 0 Å². The van der Waals surface area contributed by atoms with Gasteiger partial charge >= 0.3 is 6.09 Å². The van der Waals surface area contributed by atoms with Crippen molar-refractivity contribution in [1.29, 1.82) is 0 Å². The normalized spacial score (nSPS) is 11.6. The molecule has 6 heteroatoms. The fourth-order valence-corrected chi connectivity index (χ4v) is 1.91. The number of nitrogens with one attached hydrogen (secondary N) is 1. The Labute approximate surface area is 120 Å². The quantitative estimate of drug-likeness (QED) is 0.646. The zero-order chi connectivity index (χ0) is 14.6. The van der Waals surface area contributed by atoms with E-state index in [2.05, 4.69) is 26.5 Å². The first-order valence-electron chi connectivity index (χ1n) is 5.70. The van der Waals surface area contributed by atoms with Gasteiger partial charge in [0.05, 0.1) is 6.21 Å². The summed E-state index contributed by atoms with van der Waals surface area (Å²) in [5.74, 6) is 0.123. The highest BCUT2D eigenvalue weighted by Crippen LogP contribution is 2.25. The van der Waals surface area contributed by atoms with Crippen molar-refractivity contribution >= 4 is 28.2 Å². The molecule has 0 aliphatic heterocycles. The van der Waals surface area contributed by atoms with E-state index in [0.717, 1.165) is 4.47 Å². The van der Waals surface area contributed by atoms with Crippen molar-refractivity contribution in [2.75, 3.05) is 0 Å². The van der Waals surface area contributed by atoms with Crippen LogP contribution in [0.1, 0.15) is 31.9 Å². The molecule has 0 fully saturated rings. The molecule has 0 saturated carbocycles. The second kappa shape index (κ2) is 6.06. The molecule has 1 amide bonds. The molecule has 0 saturated heterocycles. The number of hydrogen-bond donors (Lipinski definition) is 2. The van der Waals surface area contributed by atoms with E-state index in [1.165, 1.54) is 6.21 Å². The standard InChI is InChI=1S/C13H17BrN2O3/c1-8-5-10(14)6-9(11(8)17)7-15-16-12(18)19-13(2,3)4/h5-7,17H,1-4H3,(H,16,18)/b15-7-. The van der Waals surface area contributed by atoms with Crippen molar-refractivity contribution in [1.82, 2.24) is 5.43 Å². The summed E-state index contributed by atoms with van der Waals surface area (Å²) in [5, 5.41) is 13.6. The van der Waals surface area contributed by atoms with Gasteiger partial charge in [-0.3, -0.25) is 0 Å². The maximum absolute atomic E-state index is 11.3. The molecule has 0 unspecified atom stereocenters. The van der Waals surface area contributed by atoms with Gasteiger partial charge < -0.3 is 9.84 Å². The molecule has 0 spiro atoms. The molecule has 0 aliphatic rings. The van der Waals surface area contributed by atoms with Crippen LogP contribution in [0.2, 0.25) is 0 Å². The average molecular weight is 329 g/mol. The minimum atomic E-state index is -0.644. The van der Waals surface area contributed by atoms with Crippen LogP contribution in [0.5, 0.6) is 5.75 Å². The van der Waals surface area contributed by atoms with Crippen LogP contribution < -0.4 is 5.43 Å². The molecule has 1 aromatic rings. The maximum Gasteiger partial charge on any atom is 0.428 e. The van der Waals surface area contributed by atoms with E-state index < -0.39 is 11.7 Å². The number of phenolic OH excluding ortho intramolecular Hbond substituents is 1. The summed E-state index contributed by atoms with van der Waals surface area (Å²) in [4.78, 5) is 11.3. The number of carbonyl (C=O) groups excluding carboxylic acids is 1. The van der Waals surface area contributed by atoms with Gasteiger partial charge in [-0.2, -0.15) is 5.10 Å². The Morgan fingerprint density at radius 1 is 1.47 bits per heavy atom. The summed E-state index contributed by atoms with van der Waals surface area (Å²) < 4.78 is 5.84. The second-order valence-electron chi connectivity index (χ2n) is 5.03. The van der Waals surface area contributed by atoms with Gasteiger partial charge in [0.2, 0.25) is 0 Å². The van der Waals surface area contributed by atoms with E-state index in [-0.39, 0.29) is 5.75 Å². The molecule has 0 heterocycles. The van der Waals surface area contributed by atoms with Gasteiger partial charge in [-0.05, 0) is 45.4 Å². The lowest BCUT2D eigenvalue weighted by atomic mass is 10.1. The van der Waals surface area contributed by atoms with Crippen LogP contribution in [0.4, 0.5) is 4.79 Å². The van der Waals surface area contributed by atoms with E-state index in [1.807, 2.05) is 0 Å². The number of hydrazone groups is 1. The number of hydrogen-bond acceptors (Lipinski definition) is 4. The van der Waals surface area contributed by atoms with Gasteiger partial charge in [-0.15, -0.1) is 0 Å². The van der Waals surface area contributed by atoms with E-state index in [0.29, 0.717) is 11.1 Å². The van der Waals surface area contributed by atoms with Crippen LogP contribution in [0.15, 0.2) is 21.7 Å². The van der Waals surface area contributed by atoms with Gasteiger partial charge in [0.25, 0.3) is 0 Å². The van der Waals surface area contributed by atoms with E-state index in [1.54, 1.807) is 39.8 Å². The van der Waals surface area contributed by atoms with Gasteiger partial charge in [-0.25, -0.2) is 10.2 Å². The summed E-state index contributed by atoms with van der Waals surface area (Å²) in [6.07, 6.45) is 0.715. The molecular formula is C13H17BrN2O3. The Morgan fingerprint density at radius 2 is 2.11 bits per heavy atom. The van der Waals surface area contributed by atoms with Crippen molar-refractivity contribution in [3.05, 3.63) is 27.7 Å². The first kappa shape index (κ1) is 15.5. The third-order valence-electron chi connectivity index (χ3n) is 2.05. The van der Waals surface area contributed by atoms with Crippen LogP contribution in [0.3, 0.4) is 0 Å². The van der Waals surface area contributed by atoms with Gasteiger partial charge in [0, 0.05) is 10.0 Å². The van der Waals surface area contributed by atoms with Crippen molar-refractivity contribution in [3.8, 4) is 5.75 Å². The zero-order valence-electron chi connectivity index (χ0n) is 11.3. The number of amides is 1. The van der Waals surface area contributed by atoms with Crippen molar-refractivity contribution in [2.24, 2.45) is 5.10 Å². The SMILES string of the molecule is Cc1cc(Br)cc(/C=N\NC(=O)OC(C)(C)C)c1O. The summed E-state index contributed by atoms with van der Waals surface area (Å²) in [5.41, 5.74) is 2.88. The zero-order valence-corrected chi connectivity index (χ0v) is 12.9. The molecule has 0 bridgehead atoms. The van der Waals surface area contributed by atoms with E-state index in [4.69, 9.17) is 4.74 Å². The summed E-state index contributed by atoms with van der Waals surface area (Å²) in [6.45, 7) is 7.07. The molecule has 1 aromatic carbocycles. The molecule has 0 atom stereocenters. The number of rotatable bonds is 2. The topological polar surface area (TPSA) is 70.9 Å². The smallest absolute Gasteiger partial charge is 0.428 e. The number of phenols is 1. The van der Waals surface area contributed by atoms with Crippen LogP contribution in [-0.4, -0.2) is 23.0 Å². The first-order chi connectivity index (χ1) is 8.69. The van der Waals surface area contributed by atoms with Gasteiger partial charge in [0.15, 0.2) is 0 Å². The molecule has 0 aromatic heterocycles. The number of aryl methyl sites for hydroxylation is 1. The Morgan fingerprint density at radius 3 is 2.68 bits per heavy atom. The summed E-state index contributed by atoms with van der Waals surface area (Å²) >= 11 is 3.32. The van der Waals surface area contributed by atoms with Crippen molar-refractivity contribution in [2.45, 2.75) is 33.3 Å². The number of halogens is 1. The van der Waals surface area contributed by atoms with E-state index in [9.17, 15) is 9.90 Å². The lowest BCUT2D eigenvalue weighted by Crippen LogP contribution is -2.29. The molecule has 5 nitrogen and oxygen atoms in total. The molecule has 2 N–H and O–H groups in total. The predicted molar refractivity (Wildman–Crippen MR) is 77.5 cm³/mol. The van der Waals surface area contributed by atoms with Crippen LogP contribution in [-0.2, 0) is 4.74 Å². The molecule has 1 rings (SSSR count). The predicted octanol–water partition coefficient (Wildman–Crippen LogP) is 3.32. The van der Waals surface area contributed by atoms with Gasteiger partial charge in [-0.1, -0.05) is 15.9 Å². The fraction of sp³-hybridized carbons (Fsp3) is 0.385. The first-order valence-corrected chi connectivity index (χ1v) is 6.49. The monoisotopic (exact) mass is 328 g/mol. The highest BCUT2D eigenvalue weighted by molar-refractivity contribution is 9.10. The van der Waals surface area contributed by atoms with Crippen LogP contribution in [0.25, 0.3) is 0 Å². The number of nitrogens with zero attached hydrogens (tertiary/aromatic N) is 1. The molecular weight excluding hydrogens is 312 g/mol. The molecule has 0 aliphatic carbocycles. The molecule has 0 radical (unpaired) electrons. The largest absolute Gasteiger partial charge is 0.507 e. The van der Waals surface area contributed by atoms with Crippen LogP contribution in [0, 0.1) is 6.92 Å². The second-order valence-corrected chi connectivity index (χ2v) is 5.95. The summed E-state index contributed by atoms with van der Waals surface area (Å²) in [7, 11) is 0. The van der Waals surface area contributed by atoms with E-state index >= 15 is 0 Å². The fourth-order valence-electron chi connectivity index (χ4n) is 1.32. The Balaban J connectivity index is 2.71. The highest BCUT2D eigenvalue weighted by atomic mass is 79.9. The third-order valence-corrected chi connectivity index (χ3v) is 2.51. The lowest BCUT2D eigenvalue weighted by molar-refractivity contribution is 0.0529. The lowest BCUT2D eigenvalue weighted by Gasteiger charge is -2.18. The third kappa shape index (κ3) is 5.30. The van der Waals surface area contributed by atoms with Crippen LogP contribution >= 0.6 is 15.9 Å². The highest BCUT2D eigenvalue weighted by Gasteiger charge is 2.15. The number of ether oxygens (including phenoxy) is 1. The number of aromatic hydroxyl groups is 1. The average Bonchev–Trinajstić information content (AvgIpc) is 2.22. The maximum atomic E-state index is 11.3. The Hall–Kier alpha value is -1.56. The number of carbonyl (C=O) groups is 1.